The smallest absolute Gasteiger partial charge is 0.306 e. The maximum Gasteiger partial charge on any atom is 0.306 e. The van der Waals surface area contributed by atoms with Crippen LogP contribution >= 0.6 is 23.5 Å². The first-order valence-corrected chi connectivity index (χ1v) is 31.3. The molecule has 0 fully saturated rings. The molecule has 0 saturated carbocycles. The van der Waals surface area contributed by atoms with Crippen LogP contribution in [-0.2, 0) is 38.1 Å². The highest BCUT2D eigenvalue weighted by atomic mass is 32.2. The molecule has 0 saturated heterocycles. The molecule has 0 aliphatic heterocycles. The maximum atomic E-state index is 13.1. The lowest BCUT2D eigenvalue weighted by Gasteiger charge is -2.36. The summed E-state index contributed by atoms with van der Waals surface area (Å²) >= 11 is 3.11. The highest BCUT2D eigenvalue weighted by molar-refractivity contribution is 8.00. The number of carboxylic acids is 2. The van der Waals surface area contributed by atoms with E-state index in [4.69, 9.17) is 25.7 Å². The second-order valence-electron chi connectivity index (χ2n) is 20.5. The number of rotatable bonds is 49. The number of thioether (sulfide) groups is 2. The molecule has 3 rings (SSSR count). The zero-order valence-corrected chi connectivity index (χ0v) is 48.5. The minimum Gasteiger partial charge on any atom is -0.481 e. The molecule has 0 radical (unpaired) electrons. The number of amides is 2. The van der Waals surface area contributed by atoms with Crippen molar-refractivity contribution in [2.24, 2.45) is 29.2 Å². The van der Waals surface area contributed by atoms with Crippen LogP contribution in [-0.4, -0.2) is 116 Å². The Bertz CT molecular complexity index is 1870. The molecule has 13 nitrogen and oxygen atoms in total. The number of carbonyl (C=O) groups excluding carboxylic acids is 2. The number of ether oxygens (including phenoxy) is 3. The lowest BCUT2D eigenvalue weighted by molar-refractivity contribution is -0.147. The van der Waals surface area contributed by atoms with Crippen LogP contribution in [0.5, 0.6) is 0 Å². The minimum absolute atomic E-state index is 0.199. The van der Waals surface area contributed by atoms with Gasteiger partial charge in [0.05, 0.1) is 55.1 Å². The van der Waals surface area contributed by atoms with Crippen LogP contribution in [0.4, 0.5) is 0 Å². The summed E-state index contributed by atoms with van der Waals surface area (Å²) in [5, 5.41) is 26.5. The molecule has 0 heterocycles. The van der Waals surface area contributed by atoms with E-state index in [9.17, 15) is 29.4 Å². The number of aliphatic carboxylic acids is 2. The molecule has 77 heavy (non-hydrogen) atoms. The molecule has 0 spiro atoms. The van der Waals surface area contributed by atoms with Gasteiger partial charge in [-0.05, 0) is 60.5 Å². The van der Waals surface area contributed by atoms with Crippen molar-refractivity contribution >= 4 is 47.3 Å². The Hall–Kier alpha value is -3.96. The minimum atomic E-state index is -0.867. The van der Waals surface area contributed by atoms with E-state index in [1.807, 2.05) is 54.6 Å². The summed E-state index contributed by atoms with van der Waals surface area (Å²) in [4.78, 5) is 51.2. The average Bonchev–Trinajstić information content (AvgIpc) is 3.44. The number of nitrogens with two attached hydrogens (primary N) is 2. The van der Waals surface area contributed by atoms with Crippen molar-refractivity contribution in [3.05, 3.63) is 108 Å². The molecule has 5 atom stereocenters. The van der Waals surface area contributed by atoms with Crippen molar-refractivity contribution < 1.29 is 43.6 Å². The second kappa shape index (κ2) is 42.9. The Morgan fingerprint density at radius 3 is 1.30 bits per heavy atom. The third kappa shape index (κ3) is 28.2. The molecule has 0 aliphatic carbocycles. The number of carboxylic acid groups (broad SMARTS) is 2. The molecule has 0 aliphatic rings. The molecular formula is C62H98N4O9S2. The van der Waals surface area contributed by atoms with Crippen molar-refractivity contribution in [2.75, 3.05) is 70.0 Å². The molecule has 3 aromatic carbocycles. The summed E-state index contributed by atoms with van der Waals surface area (Å²) in [6.07, 6.45) is 20.6. The fourth-order valence-corrected chi connectivity index (χ4v) is 12.4. The Kier molecular flexibility index (Phi) is 37.5. The summed E-state index contributed by atoms with van der Waals surface area (Å²) in [5.74, 6) is -2.60. The third-order valence-corrected chi connectivity index (χ3v) is 17.1. The molecule has 3 unspecified atom stereocenters. The van der Waals surface area contributed by atoms with Gasteiger partial charge >= 0.3 is 11.9 Å². The fraction of sp³-hybridized carbons (Fsp3) is 0.645. The largest absolute Gasteiger partial charge is 0.481 e. The standard InChI is InChI=1S/C62H98N4O9S2/c1-3-5-7-9-11-13-15-20-30-50(60(69)70)46-51(55(61(71)72)37-27-16-14-12-10-8-6-4-2)47-76-48-56(63)58(67)65-38-28-40-73-42-44-75-45-43-74-41-29-39-66-59(68)57(64)49-77-62(52-31-21-17-22-32-52,53-33-23-18-24-34-53)54-35-25-19-26-36-54/h17-19,21-26,31-36,50-51,55-57H,3-16,20,27-30,37-49,63-64H2,1-2H3,(H,65,67)(H,66,68)(H,69,70)(H,71,72)/t50?,51-,55?,56-,57?/m0/s1. The highest BCUT2D eigenvalue weighted by Gasteiger charge is 2.38. The SMILES string of the molecule is CCCCCCCCCCC(C[C@@H](CSC[C@H](N)C(=O)NCCCOCCOCCOCCCNC(=O)C(N)CSC(c1ccccc1)(c1ccccc1)c1ccccc1)C(CCCCCCCCCC)C(=O)O)C(=O)O. The Labute approximate surface area is 471 Å². The van der Waals surface area contributed by atoms with E-state index in [-0.39, 0.29) is 17.7 Å². The van der Waals surface area contributed by atoms with Gasteiger partial charge in [0.2, 0.25) is 11.8 Å². The number of carbonyl (C=O) groups is 4. The number of hydrogen-bond acceptors (Lipinski definition) is 11. The lowest BCUT2D eigenvalue weighted by Crippen LogP contribution is -2.43. The van der Waals surface area contributed by atoms with Crippen molar-refractivity contribution in [3.8, 4) is 0 Å². The normalized spacial score (nSPS) is 13.6. The highest BCUT2D eigenvalue weighted by Crippen LogP contribution is 2.48. The van der Waals surface area contributed by atoms with Crippen LogP contribution in [0.2, 0.25) is 0 Å². The van der Waals surface area contributed by atoms with Gasteiger partial charge < -0.3 is 46.5 Å². The van der Waals surface area contributed by atoms with E-state index < -0.39 is 40.6 Å². The van der Waals surface area contributed by atoms with Gasteiger partial charge in [-0.25, -0.2) is 0 Å². The second-order valence-corrected chi connectivity index (χ2v) is 22.8. The van der Waals surface area contributed by atoms with Crippen LogP contribution in [0.1, 0.15) is 165 Å². The molecule has 8 N–H and O–H groups in total. The first-order chi connectivity index (χ1) is 37.5. The van der Waals surface area contributed by atoms with Gasteiger partial charge in [-0.3, -0.25) is 19.2 Å². The molecule has 2 amide bonds. The summed E-state index contributed by atoms with van der Waals surface area (Å²) in [5.41, 5.74) is 16.1. The van der Waals surface area contributed by atoms with Crippen LogP contribution in [0.25, 0.3) is 0 Å². The zero-order valence-electron chi connectivity index (χ0n) is 46.9. The molecule has 3 aromatic rings. The van der Waals surface area contributed by atoms with E-state index >= 15 is 0 Å². The van der Waals surface area contributed by atoms with Crippen LogP contribution in [0.3, 0.4) is 0 Å². The van der Waals surface area contributed by atoms with E-state index in [0.29, 0.717) is 102 Å². The first-order valence-electron chi connectivity index (χ1n) is 29.2. The van der Waals surface area contributed by atoms with Crippen molar-refractivity contribution in [1.29, 1.82) is 0 Å². The Morgan fingerprint density at radius 1 is 0.494 bits per heavy atom. The summed E-state index contributed by atoms with van der Waals surface area (Å²) in [6, 6.07) is 29.6. The molecule has 15 heteroatoms. The van der Waals surface area contributed by atoms with Crippen LogP contribution in [0, 0.1) is 17.8 Å². The predicted octanol–water partition coefficient (Wildman–Crippen LogP) is 11.6. The zero-order chi connectivity index (χ0) is 55.6. The maximum absolute atomic E-state index is 13.1. The number of benzene rings is 3. The molecule has 0 bridgehead atoms. The topological polar surface area (TPSA) is 213 Å². The summed E-state index contributed by atoms with van der Waals surface area (Å²) in [7, 11) is 0. The van der Waals surface area contributed by atoms with Crippen LogP contribution < -0.4 is 22.1 Å². The Morgan fingerprint density at radius 2 is 0.883 bits per heavy atom. The monoisotopic (exact) mass is 1110 g/mol. The number of unbranched alkanes of at least 4 members (excludes halogenated alkanes) is 14. The van der Waals surface area contributed by atoms with Crippen LogP contribution in [0.15, 0.2) is 91.0 Å². The van der Waals surface area contributed by atoms with Crippen molar-refractivity contribution in [1.82, 2.24) is 10.6 Å². The lowest BCUT2D eigenvalue weighted by atomic mass is 9.81. The summed E-state index contributed by atoms with van der Waals surface area (Å²) < 4.78 is 16.5. The Balaban J connectivity index is 1.28. The van der Waals surface area contributed by atoms with Gasteiger partial charge in [-0.15, -0.1) is 11.8 Å². The quantitative estimate of drug-likeness (QED) is 0.0230. The van der Waals surface area contributed by atoms with Gasteiger partial charge in [0.1, 0.15) is 0 Å². The van der Waals surface area contributed by atoms with E-state index in [1.165, 1.54) is 69.5 Å². The molecule has 0 aromatic heterocycles. The third-order valence-electron chi connectivity index (χ3n) is 14.2. The molecule has 432 valence electrons. The van der Waals surface area contributed by atoms with Gasteiger partial charge in [-0.1, -0.05) is 208 Å². The van der Waals surface area contributed by atoms with Crippen molar-refractivity contribution in [2.45, 2.75) is 166 Å². The first kappa shape index (κ1) is 67.3. The van der Waals surface area contributed by atoms with Gasteiger partial charge in [0.15, 0.2) is 0 Å². The van der Waals surface area contributed by atoms with Gasteiger partial charge in [0.25, 0.3) is 0 Å². The predicted molar refractivity (Wildman–Crippen MR) is 317 cm³/mol. The van der Waals surface area contributed by atoms with E-state index in [2.05, 4.69) is 60.9 Å². The number of hydrogen-bond donors (Lipinski definition) is 6. The average molecular weight is 1110 g/mol. The van der Waals surface area contributed by atoms with Crippen molar-refractivity contribution in [3.63, 3.8) is 0 Å². The van der Waals surface area contributed by atoms with Gasteiger partial charge in [-0.2, -0.15) is 11.8 Å². The number of nitrogens with one attached hydrogen (secondary N) is 2. The summed E-state index contributed by atoms with van der Waals surface area (Å²) in [6.45, 7) is 7.78. The van der Waals surface area contributed by atoms with E-state index in [1.54, 1.807) is 11.8 Å². The fourth-order valence-electron chi connectivity index (χ4n) is 9.70. The molecular weight excluding hydrogens is 1010 g/mol. The van der Waals surface area contributed by atoms with Gasteiger partial charge in [0, 0.05) is 37.8 Å². The van der Waals surface area contributed by atoms with E-state index in [0.717, 1.165) is 61.6 Å².